The number of benzene rings is 1. The summed E-state index contributed by atoms with van der Waals surface area (Å²) in [4.78, 5) is 1.25. The van der Waals surface area contributed by atoms with Crippen LogP contribution in [0.4, 0.5) is 0 Å². The zero-order valence-corrected chi connectivity index (χ0v) is 7.82. The lowest BCUT2D eigenvalue weighted by atomic mass is 10.2. The van der Waals surface area contributed by atoms with E-state index in [4.69, 9.17) is 0 Å². The second-order valence-corrected chi connectivity index (χ2v) is 4.01. The molecule has 0 bridgehead atoms. The van der Waals surface area contributed by atoms with E-state index in [-0.39, 0.29) is 0 Å². The van der Waals surface area contributed by atoms with Crippen molar-refractivity contribution in [2.24, 2.45) is 0 Å². The van der Waals surface area contributed by atoms with E-state index in [2.05, 4.69) is 37.8 Å². The van der Waals surface area contributed by atoms with Crippen LogP contribution in [-0.2, 0) is 0 Å². The molecule has 0 aliphatic heterocycles. The monoisotopic (exact) mass is 174 g/mol. The first-order valence-electron chi connectivity index (χ1n) is 3.92. The van der Waals surface area contributed by atoms with E-state index in [1.807, 2.05) is 6.08 Å². The Balaban J connectivity index is 2.75. The summed E-state index contributed by atoms with van der Waals surface area (Å²) in [5.41, 5.74) is 1.32. The van der Waals surface area contributed by atoms with E-state index in [9.17, 15) is 0 Å². The fraction of sp³-hybridized carbons (Fsp3) is 0.0909. The molecule has 1 aromatic carbocycles. The lowest BCUT2D eigenvalue weighted by Gasteiger charge is -1.89. The van der Waals surface area contributed by atoms with Crippen LogP contribution < -0.4 is 0 Å². The van der Waals surface area contributed by atoms with Crippen LogP contribution in [0, 0.1) is 6.92 Å². The highest BCUT2D eigenvalue weighted by atomic mass is 32.1. The van der Waals surface area contributed by atoms with Gasteiger partial charge in [0, 0.05) is 9.58 Å². The predicted octanol–water partition coefficient (Wildman–Crippen LogP) is 3.85. The zero-order valence-electron chi connectivity index (χ0n) is 7.00. The molecule has 12 heavy (non-hydrogen) atoms. The third kappa shape index (κ3) is 1.16. The Bertz CT molecular complexity index is 423. The lowest BCUT2D eigenvalue weighted by Crippen LogP contribution is -1.66. The minimum atomic E-state index is 1.25. The molecule has 0 spiro atoms. The van der Waals surface area contributed by atoms with Crippen molar-refractivity contribution in [2.75, 3.05) is 0 Å². The second kappa shape index (κ2) is 2.76. The Morgan fingerprint density at radius 2 is 2.17 bits per heavy atom. The van der Waals surface area contributed by atoms with Gasteiger partial charge in [0.2, 0.25) is 0 Å². The van der Waals surface area contributed by atoms with Gasteiger partial charge >= 0.3 is 0 Å². The van der Waals surface area contributed by atoms with Crippen molar-refractivity contribution in [3.05, 3.63) is 41.3 Å². The molecular formula is C11H10S. The quantitative estimate of drug-likeness (QED) is 0.616. The molecule has 0 radical (unpaired) electrons. The minimum Gasteiger partial charge on any atom is -0.136 e. The molecule has 0 aliphatic carbocycles. The van der Waals surface area contributed by atoms with Crippen molar-refractivity contribution in [1.82, 2.24) is 0 Å². The van der Waals surface area contributed by atoms with Gasteiger partial charge in [0.25, 0.3) is 0 Å². The fourth-order valence-corrected chi connectivity index (χ4v) is 2.27. The van der Waals surface area contributed by atoms with Gasteiger partial charge in [-0.05, 0) is 30.0 Å². The molecule has 2 aromatic rings. The number of fused-ring (bicyclic) bond motifs is 1. The standard InChI is InChI=1S/C11H10S/c1-3-10-7-9-5-4-8(2)6-11(9)12-10/h3-7H,1H2,2H3. The fourth-order valence-electron chi connectivity index (χ4n) is 1.26. The molecular weight excluding hydrogens is 164 g/mol. The molecule has 0 saturated heterocycles. The van der Waals surface area contributed by atoms with Crippen molar-refractivity contribution in [1.29, 1.82) is 0 Å². The summed E-state index contributed by atoms with van der Waals surface area (Å²) in [5, 5.41) is 1.32. The van der Waals surface area contributed by atoms with Gasteiger partial charge in [0.05, 0.1) is 0 Å². The maximum Gasteiger partial charge on any atom is 0.0351 e. The van der Waals surface area contributed by atoms with Crippen LogP contribution >= 0.6 is 11.3 Å². The van der Waals surface area contributed by atoms with Crippen LogP contribution in [0.1, 0.15) is 10.4 Å². The molecule has 0 atom stereocenters. The van der Waals surface area contributed by atoms with Gasteiger partial charge in [-0.2, -0.15) is 0 Å². The Morgan fingerprint density at radius 1 is 1.33 bits per heavy atom. The summed E-state index contributed by atoms with van der Waals surface area (Å²) < 4.78 is 1.35. The van der Waals surface area contributed by atoms with Gasteiger partial charge in [-0.15, -0.1) is 11.3 Å². The van der Waals surface area contributed by atoms with Crippen molar-refractivity contribution in [3.8, 4) is 0 Å². The van der Waals surface area contributed by atoms with E-state index >= 15 is 0 Å². The molecule has 0 saturated carbocycles. The van der Waals surface area contributed by atoms with Crippen molar-refractivity contribution in [3.63, 3.8) is 0 Å². The Morgan fingerprint density at radius 3 is 2.92 bits per heavy atom. The van der Waals surface area contributed by atoms with Crippen LogP contribution in [0.5, 0.6) is 0 Å². The first kappa shape index (κ1) is 7.56. The summed E-state index contributed by atoms with van der Waals surface area (Å²) >= 11 is 1.79. The highest BCUT2D eigenvalue weighted by molar-refractivity contribution is 7.19. The van der Waals surface area contributed by atoms with E-state index in [1.54, 1.807) is 11.3 Å². The maximum atomic E-state index is 3.76. The van der Waals surface area contributed by atoms with Gasteiger partial charge in [0.1, 0.15) is 0 Å². The third-order valence-electron chi connectivity index (χ3n) is 1.90. The lowest BCUT2D eigenvalue weighted by molar-refractivity contribution is 1.52. The van der Waals surface area contributed by atoms with E-state index in [0.717, 1.165) is 0 Å². The van der Waals surface area contributed by atoms with Crippen molar-refractivity contribution < 1.29 is 0 Å². The van der Waals surface area contributed by atoms with E-state index < -0.39 is 0 Å². The smallest absolute Gasteiger partial charge is 0.0351 e. The Hall–Kier alpha value is -1.08. The Kier molecular flexibility index (Phi) is 1.74. The van der Waals surface area contributed by atoms with Crippen LogP contribution in [0.25, 0.3) is 16.2 Å². The molecule has 0 unspecified atom stereocenters. The van der Waals surface area contributed by atoms with E-state index in [1.165, 1.54) is 20.5 Å². The van der Waals surface area contributed by atoms with Crippen LogP contribution in [-0.4, -0.2) is 0 Å². The highest BCUT2D eigenvalue weighted by Crippen LogP contribution is 2.26. The van der Waals surface area contributed by atoms with Gasteiger partial charge in [-0.3, -0.25) is 0 Å². The molecule has 1 aromatic heterocycles. The number of aryl methyl sites for hydroxylation is 1. The Labute approximate surface area is 76.2 Å². The van der Waals surface area contributed by atoms with Crippen LogP contribution in [0.2, 0.25) is 0 Å². The number of rotatable bonds is 1. The van der Waals surface area contributed by atoms with Gasteiger partial charge < -0.3 is 0 Å². The van der Waals surface area contributed by atoms with Gasteiger partial charge in [-0.1, -0.05) is 24.8 Å². The normalized spacial score (nSPS) is 10.4. The number of hydrogen-bond acceptors (Lipinski definition) is 1. The summed E-state index contributed by atoms with van der Waals surface area (Å²) in [6.07, 6.45) is 1.90. The molecule has 1 heterocycles. The summed E-state index contributed by atoms with van der Waals surface area (Å²) in [7, 11) is 0. The summed E-state index contributed by atoms with van der Waals surface area (Å²) in [5.74, 6) is 0. The third-order valence-corrected chi connectivity index (χ3v) is 2.99. The number of hydrogen-bond donors (Lipinski definition) is 0. The second-order valence-electron chi connectivity index (χ2n) is 2.89. The SMILES string of the molecule is C=Cc1cc2ccc(C)cc2s1. The molecule has 0 aliphatic rings. The zero-order chi connectivity index (χ0) is 8.55. The largest absolute Gasteiger partial charge is 0.136 e. The highest BCUT2D eigenvalue weighted by Gasteiger charge is 1.97. The van der Waals surface area contributed by atoms with Crippen LogP contribution in [0.15, 0.2) is 30.8 Å². The van der Waals surface area contributed by atoms with Crippen molar-refractivity contribution in [2.45, 2.75) is 6.92 Å². The molecule has 0 amide bonds. The predicted molar refractivity (Wildman–Crippen MR) is 56.7 cm³/mol. The van der Waals surface area contributed by atoms with Crippen LogP contribution in [0.3, 0.4) is 0 Å². The van der Waals surface area contributed by atoms with Gasteiger partial charge in [-0.25, -0.2) is 0 Å². The summed E-state index contributed by atoms with van der Waals surface area (Å²) in [6, 6.07) is 8.69. The van der Waals surface area contributed by atoms with E-state index in [0.29, 0.717) is 0 Å². The molecule has 0 N–H and O–H groups in total. The maximum absolute atomic E-state index is 3.76. The molecule has 60 valence electrons. The summed E-state index contributed by atoms with van der Waals surface area (Å²) in [6.45, 7) is 5.88. The van der Waals surface area contributed by atoms with Crippen molar-refractivity contribution >= 4 is 27.5 Å². The minimum absolute atomic E-state index is 1.25. The first-order chi connectivity index (χ1) is 5.79. The molecule has 2 rings (SSSR count). The topological polar surface area (TPSA) is 0 Å². The average Bonchev–Trinajstić information content (AvgIpc) is 2.46. The average molecular weight is 174 g/mol. The molecule has 0 fully saturated rings. The van der Waals surface area contributed by atoms with Gasteiger partial charge in [0.15, 0.2) is 0 Å². The number of thiophene rings is 1. The first-order valence-corrected chi connectivity index (χ1v) is 4.74. The molecule has 0 nitrogen and oxygen atoms in total. The molecule has 1 heteroatoms.